The largest absolute Gasteiger partial charge is 0.388 e. The number of hydrogen-bond donors (Lipinski definition) is 2. The van der Waals surface area contributed by atoms with Gasteiger partial charge in [0.15, 0.2) is 5.15 Å². The molecule has 0 aromatic carbocycles. The van der Waals surface area contributed by atoms with Crippen molar-refractivity contribution in [1.82, 2.24) is 10.2 Å². The summed E-state index contributed by atoms with van der Waals surface area (Å²) in [6, 6.07) is 3.46. The molecule has 0 atom stereocenters. The van der Waals surface area contributed by atoms with Crippen LogP contribution in [0.4, 0.5) is 5.82 Å². The highest BCUT2D eigenvalue weighted by Crippen LogP contribution is 2.33. The summed E-state index contributed by atoms with van der Waals surface area (Å²) in [6.45, 7) is 2.75. The van der Waals surface area contributed by atoms with Gasteiger partial charge in [-0.05, 0) is 43.7 Å². The number of nitrogens with zero attached hydrogens (tertiary/aromatic N) is 2. The van der Waals surface area contributed by atoms with E-state index in [0.29, 0.717) is 17.5 Å². The first kappa shape index (κ1) is 13.6. The normalized spacial score (nSPS) is 28.1. The highest BCUT2D eigenvalue weighted by molar-refractivity contribution is 6.29. The fourth-order valence-electron chi connectivity index (χ4n) is 2.47. The fraction of sp³-hybridized carbons (Fsp3) is 0.692. The number of hydrogen-bond acceptors (Lipinski definition) is 4. The Balaban J connectivity index is 1.84. The van der Waals surface area contributed by atoms with Crippen molar-refractivity contribution < 1.29 is 5.11 Å². The molecule has 1 saturated carbocycles. The second-order valence-electron chi connectivity index (χ2n) is 5.17. The van der Waals surface area contributed by atoms with Gasteiger partial charge in [-0.3, -0.25) is 0 Å². The van der Waals surface area contributed by atoms with E-state index in [9.17, 15) is 5.11 Å². The second-order valence-corrected chi connectivity index (χ2v) is 5.56. The zero-order valence-corrected chi connectivity index (χ0v) is 11.5. The van der Waals surface area contributed by atoms with E-state index in [0.717, 1.165) is 31.6 Å². The summed E-state index contributed by atoms with van der Waals surface area (Å²) >= 11 is 5.67. The highest BCUT2D eigenvalue weighted by atomic mass is 35.5. The van der Waals surface area contributed by atoms with Gasteiger partial charge in [-0.2, -0.15) is 0 Å². The Kier molecular flexibility index (Phi) is 4.40. The topological polar surface area (TPSA) is 58.0 Å². The van der Waals surface area contributed by atoms with E-state index < -0.39 is 5.60 Å². The molecular weight excluding hydrogens is 250 g/mol. The number of nitrogens with one attached hydrogen (secondary N) is 1. The third-order valence-corrected chi connectivity index (χ3v) is 4.05. The van der Waals surface area contributed by atoms with Gasteiger partial charge < -0.3 is 10.4 Å². The van der Waals surface area contributed by atoms with Gasteiger partial charge in [0.1, 0.15) is 5.82 Å². The lowest BCUT2D eigenvalue weighted by atomic mass is 9.78. The minimum absolute atomic E-state index is 0.378. The van der Waals surface area contributed by atoms with Crippen LogP contribution in [0.15, 0.2) is 12.1 Å². The Labute approximate surface area is 113 Å². The minimum Gasteiger partial charge on any atom is -0.388 e. The van der Waals surface area contributed by atoms with Crippen molar-refractivity contribution in [2.75, 3.05) is 11.9 Å². The number of halogens is 1. The molecule has 5 heteroatoms. The molecule has 4 nitrogen and oxygen atoms in total. The predicted molar refractivity (Wildman–Crippen MR) is 72.7 cm³/mol. The molecule has 0 aliphatic heterocycles. The molecule has 1 aromatic heterocycles. The fourth-order valence-corrected chi connectivity index (χ4v) is 2.57. The van der Waals surface area contributed by atoms with Gasteiger partial charge in [0.25, 0.3) is 0 Å². The third-order valence-electron chi connectivity index (χ3n) is 3.84. The van der Waals surface area contributed by atoms with Crippen molar-refractivity contribution in [3.8, 4) is 0 Å². The molecule has 18 heavy (non-hydrogen) atoms. The molecule has 1 aliphatic carbocycles. The summed E-state index contributed by atoms with van der Waals surface area (Å²) in [7, 11) is 0. The van der Waals surface area contributed by atoms with Crippen LogP contribution >= 0.6 is 11.6 Å². The molecule has 2 N–H and O–H groups in total. The van der Waals surface area contributed by atoms with E-state index in [1.165, 1.54) is 6.42 Å². The molecule has 1 fully saturated rings. The second kappa shape index (κ2) is 5.85. The summed E-state index contributed by atoms with van der Waals surface area (Å²) in [6.07, 6.45) is 5.16. The van der Waals surface area contributed by atoms with Crippen LogP contribution in [0, 0.1) is 5.92 Å². The van der Waals surface area contributed by atoms with Crippen LogP contribution in [0.3, 0.4) is 0 Å². The molecular formula is C13H20ClN3O. The van der Waals surface area contributed by atoms with Gasteiger partial charge in [0.2, 0.25) is 0 Å². The standard InChI is InChI=1S/C13H20ClN3O/c1-2-10-5-7-13(18,8-6-10)9-15-12-4-3-11(14)16-17-12/h3-4,10,18H,2,5-9H2,1H3,(H,15,17). The van der Waals surface area contributed by atoms with Gasteiger partial charge >= 0.3 is 0 Å². The Morgan fingerprint density at radius 2 is 2.11 bits per heavy atom. The summed E-state index contributed by atoms with van der Waals surface area (Å²) in [5.41, 5.74) is -0.604. The molecule has 2 rings (SSSR count). The predicted octanol–water partition coefficient (Wildman–Crippen LogP) is 2.87. The average Bonchev–Trinajstić information content (AvgIpc) is 2.39. The first-order chi connectivity index (χ1) is 8.61. The van der Waals surface area contributed by atoms with Crippen LogP contribution in [-0.4, -0.2) is 27.4 Å². The molecule has 100 valence electrons. The van der Waals surface area contributed by atoms with Crippen molar-refractivity contribution in [2.45, 2.75) is 44.6 Å². The van der Waals surface area contributed by atoms with Gasteiger partial charge in [-0.1, -0.05) is 24.9 Å². The van der Waals surface area contributed by atoms with Crippen molar-refractivity contribution in [3.63, 3.8) is 0 Å². The van der Waals surface area contributed by atoms with Gasteiger partial charge in [-0.25, -0.2) is 0 Å². The monoisotopic (exact) mass is 269 g/mol. The van der Waals surface area contributed by atoms with Crippen LogP contribution in [-0.2, 0) is 0 Å². The SMILES string of the molecule is CCC1CCC(O)(CNc2ccc(Cl)nn2)CC1. The highest BCUT2D eigenvalue weighted by Gasteiger charge is 2.32. The van der Waals surface area contributed by atoms with E-state index in [-0.39, 0.29) is 0 Å². The number of aliphatic hydroxyl groups is 1. The number of rotatable bonds is 4. The quantitative estimate of drug-likeness (QED) is 0.882. The molecule has 0 amide bonds. The molecule has 1 aliphatic rings. The maximum absolute atomic E-state index is 10.5. The Morgan fingerprint density at radius 1 is 1.39 bits per heavy atom. The van der Waals surface area contributed by atoms with Crippen LogP contribution in [0.5, 0.6) is 0 Å². The van der Waals surface area contributed by atoms with Crippen molar-refractivity contribution in [2.24, 2.45) is 5.92 Å². The van der Waals surface area contributed by atoms with Gasteiger partial charge in [0, 0.05) is 6.54 Å². The Morgan fingerprint density at radius 3 is 2.67 bits per heavy atom. The maximum atomic E-state index is 10.5. The summed E-state index contributed by atoms with van der Waals surface area (Å²) < 4.78 is 0. The van der Waals surface area contributed by atoms with Gasteiger partial charge in [0.05, 0.1) is 5.60 Å². The van der Waals surface area contributed by atoms with E-state index in [1.807, 2.05) is 0 Å². The van der Waals surface area contributed by atoms with E-state index in [2.05, 4.69) is 22.4 Å². The van der Waals surface area contributed by atoms with Crippen LogP contribution in [0.2, 0.25) is 5.15 Å². The molecule has 1 aromatic rings. The molecule has 0 saturated heterocycles. The molecule has 0 bridgehead atoms. The lowest BCUT2D eigenvalue weighted by molar-refractivity contribution is 0.00222. The van der Waals surface area contributed by atoms with Gasteiger partial charge in [-0.15, -0.1) is 10.2 Å². The summed E-state index contributed by atoms with van der Waals surface area (Å²) in [5, 5.41) is 21.7. The van der Waals surface area contributed by atoms with Crippen molar-refractivity contribution in [3.05, 3.63) is 17.3 Å². The van der Waals surface area contributed by atoms with Crippen molar-refractivity contribution >= 4 is 17.4 Å². The minimum atomic E-state index is -0.604. The molecule has 0 spiro atoms. The van der Waals surface area contributed by atoms with E-state index in [1.54, 1.807) is 12.1 Å². The molecule has 0 unspecified atom stereocenters. The first-order valence-electron chi connectivity index (χ1n) is 6.57. The Hall–Kier alpha value is -0.870. The average molecular weight is 270 g/mol. The molecule has 0 radical (unpaired) electrons. The summed E-state index contributed by atoms with van der Waals surface area (Å²) in [4.78, 5) is 0. The zero-order chi connectivity index (χ0) is 13.0. The van der Waals surface area contributed by atoms with Crippen LogP contribution in [0.25, 0.3) is 0 Å². The first-order valence-corrected chi connectivity index (χ1v) is 6.94. The third kappa shape index (κ3) is 3.56. The number of aromatic nitrogens is 2. The van der Waals surface area contributed by atoms with Crippen LogP contribution < -0.4 is 5.32 Å². The van der Waals surface area contributed by atoms with E-state index >= 15 is 0 Å². The summed E-state index contributed by atoms with van der Waals surface area (Å²) in [5.74, 6) is 1.44. The van der Waals surface area contributed by atoms with Crippen LogP contribution in [0.1, 0.15) is 39.0 Å². The smallest absolute Gasteiger partial charge is 0.151 e. The molecule has 1 heterocycles. The lowest BCUT2D eigenvalue weighted by Gasteiger charge is -2.35. The maximum Gasteiger partial charge on any atom is 0.151 e. The lowest BCUT2D eigenvalue weighted by Crippen LogP contribution is -2.40. The zero-order valence-electron chi connectivity index (χ0n) is 10.7. The van der Waals surface area contributed by atoms with Crippen molar-refractivity contribution in [1.29, 1.82) is 0 Å². The number of anilines is 1. The Bertz CT molecular complexity index is 374. The van der Waals surface area contributed by atoms with E-state index in [4.69, 9.17) is 11.6 Å².